The van der Waals surface area contributed by atoms with Gasteiger partial charge in [0.05, 0.1) is 6.26 Å². The van der Waals surface area contributed by atoms with Crippen molar-refractivity contribution in [1.82, 2.24) is 15.2 Å². The molecule has 1 aromatic carbocycles. The average molecular weight is 430 g/mol. The Morgan fingerprint density at radius 1 is 1.09 bits per heavy atom. The van der Waals surface area contributed by atoms with E-state index in [-0.39, 0.29) is 17.2 Å². The van der Waals surface area contributed by atoms with Crippen molar-refractivity contribution in [2.75, 3.05) is 19.6 Å². The maximum atomic E-state index is 12.7. The van der Waals surface area contributed by atoms with E-state index in [2.05, 4.69) is 39.5 Å². The quantitative estimate of drug-likeness (QED) is 0.528. The third-order valence-corrected chi connectivity index (χ3v) is 7.19. The predicted octanol–water partition coefficient (Wildman–Crippen LogP) is 4.69. The lowest BCUT2D eigenvalue weighted by atomic mass is 9.90. The average Bonchev–Trinajstić information content (AvgIpc) is 3.25. The maximum Gasteiger partial charge on any atom is 0.223 e. The van der Waals surface area contributed by atoms with E-state index in [4.69, 9.17) is 4.42 Å². The first kappa shape index (κ1) is 21.0. The van der Waals surface area contributed by atoms with E-state index in [1.807, 2.05) is 36.7 Å². The number of rotatable bonds is 8. The molecule has 166 valence electrons. The molecule has 1 atom stereocenters. The normalized spacial score (nSPS) is 19.7. The second kappa shape index (κ2) is 9.29. The van der Waals surface area contributed by atoms with E-state index < -0.39 is 0 Å². The topological polar surface area (TPSA) is 58.4 Å². The largest absolute Gasteiger partial charge is 0.464 e. The highest BCUT2D eigenvalue weighted by Gasteiger charge is 2.58. The molecule has 32 heavy (non-hydrogen) atoms. The van der Waals surface area contributed by atoms with Gasteiger partial charge in [-0.25, -0.2) is 0 Å². The summed E-state index contributed by atoms with van der Waals surface area (Å²) < 4.78 is 5.54. The highest BCUT2D eigenvalue weighted by atomic mass is 16.3. The lowest BCUT2D eigenvalue weighted by Crippen LogP contribution is -2.37. The van der Waals surface area contributed by atoms with Crippen molar-refractivity contribution < 1.29 is 9.21 Å². The molecule has 0 radical (unpaired) electrons. The minimum atomic E-state index is 0.216. The van der Waals surface area contributed by atoms with Crippen molar-refractivity contribution in [3.05, 3.63) is 78.3 Å². The van der Waals surface area contributed by atoms with E-state index >= 15 is 0 Å². The number of aromatic nitrogens is 1. The summed E-state index contributed by atoms with van der Waals surface area (Å²) in [6.07, 6.45) is 10.6. The number of pyridine rings is 1. The van der Waals surface area contributed by atoms with Crippen LogP contribution in [-0.2, 0) is 17.8 Å². The maximum absolute atomic E-state index is 12.7. The zero-order chi connectivity index (χ0) is 21.8. The SMILES string of the molecule is O=C(NCCCc1ccncc1)C1CC12CCN(Cc1cccc(-c3ccco3)c1)CC2. The molecule has 1 saturated carbocycles. The highest BCUT2D eigenvalue weighted by molar-refractivity contribution is 5.82. The summed E-state index contributed by atoms with van der Waals surface area (Å²) in [5, 5.41) is 3.18. The first-order valence-electron chi connectivity index (χ1n) is 11.7. The molecule has 1 N–H and O–H groups in total. The van der Waals surface area contributed by atoms with Gasteiger partial charge in [-0.2, -0.15) is 0 Å². The van der Waals surface area contributed by atoms with Gasteiger partial charge >= 0.3 is 0 Å². The zero-order valence-corrected chi connectivity index (χ0v) is 18.5. The Kier molecular flexibility index (Phi) is 6.08. The first-order chi connectivity index (χ1) is 15.7. The second-order valence-corrected chi connectivity index (χ2v) is 9.32. The minimum Gasteiger partial charge on any atom is -0.464 e. The van der Waals surface area contributed by atoms with E-state index in [0.717, 1.165) is 69.6 Å². The van der Waals surface area contributed by atoms with Crippen LogP contribution < -0.4 is 5.32 Å². The van der Waals surface area contributed by atoms with E-state index in [1.54, 1.807) is 6.26 Å². The molecule has 0 bridgehead atoms. The van der Waals surface area contributed by atoms with Crippen molar-refractivity contribution >= 4 is 5.91 Å². The van der Waals surface area contributed by atoms with Crippen LogP contribution in [0.5, 0.6) is 0 Å². The van der Waals surface area contributed by atoms with Crippen LogP contribution >= 0.6 is 0 Å². The van der Waals surface area contributed by atoms with Crippen molar-refractivity contribution in [2.45, 2.75) is 38.6 Å². The predicted molar refractivity (Wildman–Crippen MR) is 125 cm³/mol. The van der Waals surface area contributed by atoms with E-state index in [0.29, 0.717) is 0 Å². The van der Waals surface area contributed by atoms with Crippen molar-refractivity contribution in [2.24, 2.45) is 11.3 Å². The van der Waals surface area contributed by atoms with Gasteiger partial charge in [0.2, 0.25) is 5.91 Å². The summed E-state index contributed by atoms with van der Waals surface area (Å²) in [5.74, 6) is 1.39. The van der Waals surface area contributed by atoms with Crippen LogP contribution in [0.2, 0.25) is 0 Å². The van der Waals surface area contributed by atoms with Crippen LogP contribution in [0.25, 0.3) is 11.3 Å². The van der Waals surface area contributed by atoms with Gasteiger partial charge < -0.3 is 9.73 Å². The molecule has 1 saturated heterocycles. The standard InChI is InChI=1S/C27H31N3O2/c31-26(29-12-2-5-21-8-13-28-14-9-21)24-19-27(24)10-15-30(16-11-27)20-22-4-1-6-23(18-22)25-7-3-17-32-25/h1,3-4,6-9,13-14,17-18,24H,2,5,10-12,15-16,19-20H2,(H,29,31). The summed E-state index contributed by atoms with van der Waals surface area (Å²) in [6.45, 7) is 3.84. The van der Waals surface area contributed by atoms with Crippen molar-refractivity contribution in [1.29, 1.82) is 0 Å². The number of piperidine rings is 1. The van der Waals surface area contributed by atoms with Crippen LogP contribution in [0.1, 0.15) is 36.8 Å². The Balaban J connectivity index is 1.06. The van der Waals surface area contributed by atoms with E-state index in [1.165, 1.54) is 11.1 Å². The molecular weight excluding hydrogens is 398 g/mol. The number of amides is 1. The van der Waals surface area contributed by atoms with Crippen LogP contribution in [0.15, 0.2) is 71.6 Å². The molecule has 5 heteroatoms. The van der Waals surface area contributed by atoms with Crippen LogP contribution in [0.4, 0.5) is 0 Å². The molecule has 1 aliphatic carbocycles. The van der Waals surface area contributed by atoms with Crippen LogP contribution in [0.3, 0.4) is 0 Å². The Bertz CT molecular complexity index is 1020. The molecular formula is C27H31N3O2. The number of aryl methyl sites for hydroxylation is 1. The number of hydrogen-bond donors (Lipinski definition) is 1. The number of hydrogen-bond acceptors (Lipinski definition) is 4. The Hall–Kier alpha value is -2.92. The number of furan rings is 1. The lowest BCUT2D eigenvalue weighted by Gasteiger charge is -2.33. The minimum absolute atomic E-state index is 0.216. The number of benzene rings is 1. The molecule has 2 fully saturated rings. The number of carbonyl (C=O) groups excluding carboxylic acids is 1. The summed E-state index contributed by atoms with van der Waals surface area (Å²) in [4.78, 5) is 19.2. The molecule has 2 aromatic heterocycles. The third kappa shape index (κ3) is 4.78. The molecule has 2 aliphatic rings. The van der Waals surface area contributed by atoms with Crippen LogP contribution in [0, 0.1) is 11.3 Å². The summed E-state index contributed by atoms with van der Waals surface area (Å²) >= 11 is 0. The van der Waals surface area contributed by atoms with Gasteiger partial charge in [-0.15, -0.1) is 0 Å². The number of nitrogens with one attached hydrogen (secondary N) is 1. The Morgan fingerprint density at radius 3 is 2.72 bits per heavy atom. The summed E-state index contributed by atoms with van der Waals surface area (Å²) in [6, 6.07) is 16.6. The monoisotopic (exact) mass is 429 g/mol. The number of likely N-dealkylation sites (tertiary alicyclic amines) is 1. The van der Waals surface area contributed by atoms with Gasteiger partial charge in [-0.1, -0.05) is 18.2 Å². The van der Waals surface area contributed by atoms with Gasteiger partial charge in [-0.05, 0) is 92.1 Å². The molecule has 1 amide bonds. The lowest BCUT2D eigenvalue weighted by molar-refractivity contribution is -0.123. The fourth-order valence-electron chi connectivity index (χ4n) is 5.13. The number of nitrogens with zero attached hydrogens (tertiary/aromatic N) is 2. The molecule has 1 aliphatic heterocycles. The zero-order valence-electron chi connectivity index (χ0n) is 18.5. The molecule has 3 aromatic rings. The van der Waals surface area contributed by atoms with Gasteiger partial charge in [-0.3, -0.25) is 14.7 Å². The fourth-order valence-corrected chi connectivity index (χ4v) is 5.13. The van der Waals surface area contributed by atoms with Gasteiger partial charge in [0.15, 0.2) is 0 Å². The van der Waals surface area contributed by atoms with E-state index in [9.17, 15) is 4.79 Å². The summed E-state index contributed by atoms with van der Waals surface area (Å²) in [7, 11) is 0. The molecule has 3 heterocycles. The summed E-state index contributed by atoms with van der Waals surface area (Å²) in [5.41, 5.74) is 3.97. The van der Waals surface area contributed by atoms with Crippen LogP contribution in [-0.4, -0.2) is 35.4 Å². The Labute approximate surface area is 189 Å². The van der Waals surface area contributed by atoms with Gasteiger partial charge in [0.25, 0.3) is 0 Å². The van der Waals surface area contributed by atoms with Gasteiger partial charge in [0.1, 0.15) is 5.76 Å². The number of carbonyl (C=O) groups is 1. The fraction of sp³-hybridized carbons (Fsp3) is 0.407. The third-order valence-electron chi connectivity index (χ3n) is 7.19. The van der Waals surface area contributed by atoms with Crippen molar-refractivity contribution in [3.63, 3.8) is 0 Å². The smallest absolute Gasteiger partial charge is 0.223 e. The second-order valence-electron chi connectivity index (χ2n) is 9.32. The first-order valence-corrected chi connectivity index (χ1v) is 11.7. The molecule has 5 nitrogen and oxygen atoms in total. The molecule has 1 spiro atoms. The molecule has 1 unspecified atom stereocenters. The molecule has 5 rings (SSSR count). The Morgan fingerprint density at radius 2 is 1.94 bits per heavy atom. The van der Waals surface area contributed by atoms with Crippen molar-refractivity contribution in [3.8, 4) is 11.3 Å². The van der Waals surface area contributed by atoms with Gasteiger partial charge in [0, 0.05) is 37.0 Å². The highest BCUT2D eigenvalue weighted by Crippen LogP contribution is 2.59.